The Morgan fingerprint density at radius 1 is 1.28 bits per heavy atom. The van der Waals surface area contributed by atoms with Crippen LogP contribution in [0.15, 0.2) is 52.6 Å². The summed E-state index contributed by atoms with van der Waals surface area (Å²) in [6.45, 7) is 2.56. The van der Waals surface area contributed by atoms with Gasteiger partial charge < -0.3 is 5.32 Å². The largest absolute Gasteiger partial charge is 0.321 e. The quantitative estimate of drug-likeness (QED) is 0.917. The van der Waals surface area contributed by atoms with E-state index in [1.165, 1.54) is 0 Å². The first kappa shape index (κ1) is 15.7. The van der Waals surface area contributed by atoms with Crippen LogP contribution in [-0.4, -0.2) is 28.9 Å². The summed E-state index contributed by atoms with van der Waals surface area (Å²) in [4.78, 5) is 25.3. The number of halogens is 1. The minimum Gasteiger partial charge on any atom is -0.321 e. The number of carbonyl (C=O) groups excluding carboxylic acids is 1. The van der Waals surface area contributed by atoms with E-state index in [4.69, 9.17) is 11.6 Å². The highest BCUT2D eigenvalue weighted by Crippen LogP contribution is 2.31. The number of hydrogen-bond acceptors (Lipinski definition) is 4. The molecule has 4 rings (SSSR count). The third kappa shape index (κ3) is 3.10. The van der Waals surface area contributed by atoms with Gasteiger partial charge in [0.25, 0.3) is 5.91 Å². The van der Waals surface area contributed by atoms with Gasteiger partial charge in [-0.3, -0.25) is 9.79 Å². The van der Waals surface area contributed by atoms with Crippen LogP contribution in [0.25, 0.3) is 0 Å². The number of rotatable bonds is 3. The van der Waals surface area contributed by atoms with Crippen molar-refractivity contribution in [3.63, 3.8) is 0 Å². The number of aromatic nitrogens is 1. The number of carbonyl (C=O) groups is 1. The van der Waals surface area contributed by atoms with Gasteiger partial charge in [0.15, 0.2) is 5.82 Å². The minimum atomic E-state index is -0.226. The molecule has 0 bridgehead atoms. The minimum absolute atomic E-state index is 0.226. The number of anilines is 1. The van der Waals surface area contributed by atoms with Gasteiger partial charge in [-0.1, -0.05) is 23.7 Å². The van der Waals surface area contributed by atoms with E-state index in [2.05, 4.69) is 26.4 Å². The number of benzene rings is 1. The number of hydrogen-bond donors (Lipinski definition) is 1. The summed E-state index contributed by atoms with van der Waals surface area (Å²) in [5, 5.41) is 3.45. The molecule has 0 atom stereocenters. The third-order valence-corrected chi connectivity index (χ3v) is 4.42. The molecule has 25 heavy (non-hydrogen) atoms. The molecule has 1 aromatic carbocycles. The summed E-state index contributed by atoms with van der Waals surface area (Å²) in [5.41, 5.74) is 4.95. The van der Waals surface area contributed by atoms with Crippen LogP contribution in [0.5, 0.6) is 0 Å². The molecule has 0 saturated carbocycles. The molecule has 2 aromatic rings. The standard InChI is InChI=1S/C19H15ClN4O/c1-11-7-12-8-17(24-18(12)22-10-11)14-9-13(4-5-15(14)20)23-19(25)16-3-2-6-21-16/h2-5,7,9-10H,6,8H2,1H3,(H,23,25). The van der Waals surface area contributed by atoms with Gasteiger partial charge in [0.05, 0.1) is 12.3 Å². The molecule has 3 heterocycles. The SMILES string of the molecule is Cc1cnc2c(c1)CC(c1cc(NC(=O)C3=NCC=C3)ccc1Cl)=N2. The Morgan fingerprint density at radius 2 is 2.16 bits per heavy atom. The van der Waals surface area contributed by atoms with E-state index in [1.807, 2.05) is 19.1 Å². The van der Waals surface area contributed by atoms with Crippen molar-refractivity contribution >= 4 is 40.4 Å². The van der Waals surface area contributed by atoms with E-state index in [0.29, 0.717) is 29.4 Å². The summed E-state index contributed by atoms with van der Waals surface area (Å²) >= 11 is 6.37. The molecule has 0 spiro atoms. The zero-order valence-electron chi connectivity index (χ0n) is 13.6. The van der Waals surface area contributed by atoms with Crippen LogP contribution in [0.3, 0.4) is 0 Å². The summed E-state index contributed by atoms with van der Waals surface area (Å²) < 4.78 is 0. The van der Waals surface area contributed by atoms with Crippen LogP contribution in [0.4, 0.5) is 11.5 Å². The molecule has 1 amide bonds. The number of nitrogens with one attached hydrogen (secondary N) is 1. The predicted octanol–water partition coefficient (Wildman–Crippen LogP) is 3.67. The lowest BCUT2D eigenvalue weighted by Gasteiger charge is -2.09. The molecule has 0 fully saturated rings. The third-order valence-electron chi connectivity index (χ3n) is 4.09. The lowest BCUT2D eigenvalue weighted by atomic mass is 10.0. The highest BCUT2D eigenvalue weighted by molar-refractivity contribution is 6.47. The number of aryl methyl sites for hydroxylation is 1. The smallest absolute Gasteiger partial charge is 0.273 e. The van der Waals surface area contributed by atoms with E-state index in [0.717, 1.165) is 28.2 Å². The first-order valence-corrected chi connectivity index (χ1v) is 8.33. The second-order valence-corrected chi connectivity index (χ2v) is 6.41. The fourth-order valence-corrected chi connectivity index (χ4v) is 3.12. The van der Waals surface area contributed by atoms with Crippen LogP contribution in [-0.2, 0) is 11.2 Å². The Bertz CT molecular complexity index is 975. The molecule has 1 N–H and O–H groups in total. The molecule has 0 unspecified atom stereocenters. The number of pyridine rings is 1. The van der Waals surface area contributed by atoms with E-state index >= 15 is 0 Å². The van der Waals surface area contributed by atoms with Gasteiger partial charge in [-0.2, -0.15) is 0 Å². The zero-order chi connectivity index (χ0) is 17.4. The van der Waals surface area contributed by atoms with Crippen LogP contribution in [0.1, 0.15) is 16.7 Å². The van der Waals surface area contributed by atoms with Gasteiger partial charge in [-0.25, -0.2) is 9.98 Å². The average Bonchev–Trinajstić information content (AvgIpc) is 3.25. The maximum atomic E-state index is 12.2. The normalized spacial score (nSPS) is 15.0. The number of aliphatic imine (C=N–C) groups is 2. The zero-order valence-corrected chi connectivity index (χ0v) is 14.3. The van der Waals surface area contributed by atoms with Gasteiger partial charge in [0.2, 0.25) is 0 Å². The molecule has 124 valence electrons. The maximum Gasteiger partial charge on any atom is 0.273 e. The van der Waals surface area contributed by atoms with Crippen LogP contribution in [0.2, 0.25) is 5.02 Å². The molecule has 5 nitrogen and oxygen atoms in total. The number of nitrogens with zero attached hydrogens (tertiary/aromatic N) is 3. The average molecular weight is 351 g/mol. The Labute approximate surface area is 150 Å². The summed E-state index contributed by atoms with van der Waals surface area (Å²) in [7, 11) is 0. The molecule has 2 aliphatic heterocycles. The predicted molar refractivity (Wildman–Crippen MR) is 100 cm³/mol. The van der Waals surface area contributed by atoms with E-state index in [9.17, 15) is 4.79 Å². The number of amides is 1. The Morgan fingerprint density at radius 3 is 2.96 bits per heavy atom. The van der Waals surface area contributed by atoms with Crippen molar-refractivity contribution in [2.24, 2.45) is 9.98 Å². The van der Waals surface area contributed by atoms with Crippen LogP contribution in [0, 0.1) is 6.92 Å². The molecule has 0 saturated heterocycles. The van der Waals surface area contributed by atoms with E-state index < -0.39 is 0 Å². The molecule has 6 heteroatoms. The fourth-order valence-electron chi connectivity index (χ4n) is 2.89. The summed E-state index contributed by atoms with van der Waals surface area (Å²) in [5.74, 6) is 0.507. The number of fused-ring (bicyclic) bond motifs is 1. The molecule has 0 aliphatic carbocycles. The van der Waals surface area contributed by atoms with Gasteiger partial charge >= 0.3 is 0 Å². The second kappa shape index (κ2) is 6.26. The molecule has 1 aromatic heterocycles. The second-order valence-electron chi connectivity index (χ2n) is 6.01. The van der Waals surface area contributed by atoms with Crippen molar-refractivity contribution in [2.45, 2.75) is 13.3 Å². The van der Waals surface area contributed by atoms with Crippen LogP contribution < -0.4 is 5.32 Å². The lowest BCUT2D eigenvalue weighted by Crippen LogP contribution is -2.20. The monoisotopic (exact) mass is 350 g/mol. The summed E-state index contributed by atoms with van der Waals surface area (Å²) in [6, 6.07) is 7.47. The first-order valence-electron chi connectivity index (χ1n) is 7.95. The molecule has 2 aliphatic rings. The maximum absolute atomic E-state index is 12.2. The Kier molecular flexibility index (Phi) is 3.93. The van der Waals surface area contributed by atoms with Crippen molar-refractivity contribution in [1.29, 1.82) is 0 Å². The van der Waals surface area contributed by atoms with Crippen molar-refractivity contribution in [1.82, 2.24) is 4.98 Å². The molecular formula is C19H15ClN4O. The lowest BCUT2D eigenvalue weighted by molar-refractivity contribution is -0.110. The molecular weight excluding hydrogens is 336 g/mol. The summed E-state index contributed by atoms with van der Waals surface area (Å²) in [6.07, 6.45) is 6.05. The van der Waals surface area contributed by atoms with Gasteiger partial charge in [-0.15, -0.1) is 0 Å². The van der Waals surface area contributed by atoms with Crippen molar-refractivity contribution in [3.8, 4) is 0 Å². The van der Waals surface area contributed by atoms with Gasteiger partial charge in [-0.05, 0) is 36.8 Å². The van der Waals surface area contributed by atoms with E-state index in [-0.39, 0.29) is 5.91 Å². The van der Waals surface area contributed by atoms with E-state index in [1.54, 1.807) is 24.4 Å². The topological polar surface area (TPSA) is 66.7 Å². The van der Waals surface area contributed by atoms with Crippen molar-refractivity contribution in [3.05, 3.63) is 64.3 Å². The first-order chi connectivity index (χ1) is 12.1. The Balaban J connectivity index is 1.61. The highest BCUT2D eigenvalue weighted by Gasteiger charge is 2.20. The van der Waals surface area contributed by atoms with Gasteiger partial charge in [0, 0.05) is 34.5 Å². The molecule has 0 radical (unpaired) electrons. The Hall–Kier alpha value is -2.79. The van der Waals surface area contributed by atoms with Crippen LogP contribution >= 0.6 is 11.6 Å². The van der Waals surface area contributed by atoms with Crippen molar-refractivity contribution in [2.75, 3.05) is 11.9 Å². The fraction of sp³-hybridized carbons (Fsp3) is 0.158. The highest BCUT2D eigenvalue weighted by atomic mass is 35.5. The van der Waals surface area contributed by atoms with Crippen molar-refractivity contribution < 1.29 is 4.79 Å². The van der Waals surface area contributed by atoms with Gasteiger partial charge in [0.1, 0.15) is 5.71 Å².